The Hall–Kier alpha value is -3.15. The second-order valence-corrected chi connectivity index (χ2v) is 8.32. The zero-order valence-electron chi connectivity index (χ0n) is 17.8. The van der Waals surface area contributed by atoms with Crippen LogP contribution in [0.2, 0.25) is 0 Å². The number of imidazole rings is 1. The summed E-state index contributed by atoms with van der Waals surface area (Å²) in [6.45, 7) is 8.20. The zero-order chi connectivity index (χ0) is 21.3. The van der Waals surface area contributed by atoms with Gasteiger partial charge in [-0.1, -0.05) is 0 Å². The third-order valence-corrected chi connectivity index (χ3v) is 6.05. The van der Waals surface area contributed by atoms with Crippen molar-refractivity contribution >= 4 is 28.5 Å². The first-order valence-electron chi connectivity index (χ1n) is 10.5. The van der Waals surface area contributed by atoms with Crippen LogP contribution in [0.3, 0.4) is 0 Å². The van der Waals surface area contributed by atoms with E-state index < -0.39 is 0 Å². The molecule has 1 N–H and O–H groups in total. The van der Waals surface area contributed by atoms with Crippen molar-refractivity contribution in [3.8, 4) is 0 Å². The second kappa shape index (κ2) is 8.30. The third-order valence-electron chi connectivity index (χ3n) is 6.05. The third kappa shape index (κ3) is 4.22. The quantitative estimate of drug-likeness (QED) is 0.710. The van der Waals surface area contributed by atoms with E-state index in [1.54, 1.807) is 24.3 Å². The minimum Gasteiger partial charge on any atom is -0.339 e. The number of carbonyl (C=O) groups is 2. The van der Waals surface area contributed by atoms with E-state index in [-0.39, 0.29) is 11.8 Å². The molecule has 6 heteroatoms. The van der Waals surface area contributed by atoms with Gasteiger partial charge in [0, 0.05) is 37.8 Å². The molecule has 0 bridgehead atoms. The minimum absolute atomic E-state index is 0.0574. The first kappa shape index (κ1) is 20.1. The van der Waals surface area contributed by atoms with Crippen LogP contribution in [-0.2, 0) is 11.3 Å². The molecule has 0 unspecified atom stereocenters. The van der Waals surface area contributed by atoms with Crippen molar-refractivity contribution in [3.63, 3.8) is 0 Å². The lowest BCUT2D eigenvalue weighted by molar-refractivity contribution is -0.114. The lowest BCUT2D eigenvalue weighted by Crippen LogP contribution is -2.39. The maximum atomic E-state index is 12.8. The molecule has 1 aliphatic heterocycles. The summed E-state index contributed by atoms with van der Waals surface area (Å²) in [5.74, 6) is 0.476. The molecule has 2 amide bonds. The van der Waals surface area contributed by atoms with E-state index >= 15 is 0 Å². The number of aryl methyl sites for hydroxylation is 2. The Morgan fingerprint density at radius 3 is 2.40 bits per heavy atom. The van der Waals surface area contributed by atoms with E-state index in [0.29, 0.717) is 17.2 Å². The van der Waals surface area contributed by atoms with Crippen molar-refractivity contribution in [1.82, 2.24) is 14.5 Å². The van der Waals surface area contributed by atoms with Gasteiger partial charge < -0.3 is 14.8 Å². The molecule has 0 saturated carbocycles. The van der Waals surface area contributed by atoms with E-state index in [2.05, 4.69) is 40.8 Å². The average Bonchev–Trinajstić information content (AvgIpc) is 3.10. The number of benzene rings is 2. The molecule has 0 aliphatic carbocycles. The summed E-state index contributed by atoms with van der Waals surface area (Å²) >= 11 is 0. The topological polar surface area (TPSA) is 67.2 Å². The number of nitrogens with zero attached hydrogens (tertiary/aromatic N) is 3. The molecular weight excluding hydrogens is 376 g/mol. The SMILES string of the molecule is CC(=O)Nc1ccc(C(=O)N2CCC(Cn3cnc4cc(C)c(C)cc43)CC2)cc1. The molecule has 1 aromatic heterocycles. The summed E-state index contributed by atoms with van der Waals surface area (Å²) in [4.78, 5) is 30.5. The Labute approximate surface area is 176 Å². The van der Waals surface area contributed by atoms with Gasteiger partial charge in [0.2, 0.25) is 5.91 Å². The highest BCUT2D eigenvalue weighted by Crippen LogP contribution is 2.24. The highest BCUT2D eigenvalue weighted by atomic mass is 16.2. The van der Waals surface area contributed by atoms with Gasteiger partial charge in [-0.15, -0.1) is 0 Å². The van der Waals surface area contributed by atoms with Crippen molar-refractivity contribution in [2.75, 3.05) is 18.4 Å². The molecule has 1 aliphatic rings. The molecule has 1 saturated heterocycles. The van der Waals surface area contributed by atoms with Gasteiger partial charge in [-0.25, -0.2) is 4.98 Å². The normalized spacial score (nSPS) is 14.8. The molecule has 1 fully saturated rings. The van der Waals surface area contributed by atoms with Crippen molar-refractivity contribution < 1.29 is 9.59 Å². The van der Waals surface area contributed by atoms with Gasteiger partial charge in [-0.05, 0) is 80.1 Å². The average molecular weight is 405 g/mol. The lowest BCUT2D eigenvalue weighted by Gasteiger charge is -2.32. The smallest absolute Gasteiger partial charge is 0.253 e. The van der Waals surface area contributed by atoms with E-state index in [0.717, 1.165) is 38.0 Å². The number of fused-ring (bicyclic) bond motifs is 1. The first-order chi connectivity index (χ1) is 14.4. The Kier molecular flexibility index (Phi) is 5.57. The fourth-order valence-corrected chi connectivity index (χ4v) is 4.14. The summed E-state index contributed by atoms with van der Waals surface area (Å²) in [6, 6.07) is 11.5. The molecule has 6 nitrogen and oxygen atoms in total. The van der Waals surface area contributed by atoms with Crippen LogP contribution in [0.1, 0.15) is 41.3 Å². The van der Waals surface area contributed by atoms with E-state index in [1.807, 2.05) is 11.2 Å². The van der Waals surface area contributed by atoms with E-state index in [9.17, 15) is 9.59 Å². The number of nitrogens with one attached hydrogen (secondary N) is 1. The predicted octanol–water partition coefficient (Wildman–Crippen LogP) is 4.16. The molecule has 156 valence electrons. The maximum Gasteiger partial charge on any atom is 0.253 e. The number of piperidine rings is 1. The number of anilines is 1. The number of rotatable bonds is 4. The molecule has 3 aromatic rings. The molecule has 4 rings (SSSR count). The van der Waals surface area contributed by atoms with E-state index in [4.69, 9.17) is 0 Å². The summed E-state index contributed by atoms with van der Waals surface area (Å²) < 4.78 is 2.25. The highest BCUT2D eigenvalue weighted by molar-refractivity contribution is 5.95. The Morgan fingerprint density at radius 1 is 1.07 bits per heavy atom. The van der Waals surface area contributed by atoms with Crippen LogP contribution in [0.5, 0.6) is 0 Å². The van der Waals surface area contributed by atoms with Gasteiger partial charge in [-0.2, -0.15) is 0 Å². The van der Waals surface area contributed by atoms with Gasteiger partial charge in [0.25, 0.3) is 5.91 Å². The second-order valence-electron chi connectivity index (χ2n) is 8.32. The predicted molar refractivity (Wildman–Crippen MR) is 119 cm³/mol. The summed E-state index contributed by atoms with van der Waals surface area (Å²) in [7, 11) is 0. The van der Waals surface area contributed by atoms with Crippen LogP contribution < -0.4 is 5.32 Å². The highest BCUT2D eigenvalue weighted by Gasteiger charge is 2.24. The fraction of sp³-hybridized carbons (Fsp3) is 0.375. The number of likely N-dealkylation sites (tertiary alicyclic amines) is 1. The van der Waals surface area contributed by atoms with Gasteiger partial charge in [0.1, 0.15) is 0 Å². The van der Waals surface area contributed by atoms with Crippen LogP contribution in [0.4, 0.5) is 5.69 Å². The molecule has 0 spiro atoms. The maximum absolute atomic E-state index is 12.8. The summed E-state index contributed by atoms with van der Waals surface area (Å²) in [5, 5.41) is 2.73. The molecule has 30 heavy (non-hydrogen) atoms. The van der Waals surface area contributed by atoms with Gasteiger partial charge >= 0.3 is 0 Å². The van der Waals surface area contributed by atoms with Gasteiger partial charge in [0.15, 0.2) is 0 Å². The summed E-state index contributed by atoms with van der Waals surface area (Å²) in [6.07, 6.45) is 3.91. The van der Waals surface area contributed by atoms with E-state index in [1.165, 1.54) is 23.6 Å². The zero-order valence-corrected chi connectivity index (χ0v) is 17.8. The lowest BCUT2D eigenvalue weighted by atomic mass is 9.96. The first-order valence-corrected chi connectivity index (χ1v) is 10.5. The molecule has 0 atom stereocenters. The molecular formula is C24H28N4O2. The monoisotopic (exact) mass is 404 g/mol. The fourth-order valence-electron chi connectivity index (χ4n) is 4.14. The molecule has 2 heterocycles. The number of hydrogen-bond acceptors (Lipinski definition) is 3. The van der Waals surface area contributed by atoms with Crippen molar-refractivity contribution in [3.05, 3.63) is 59.4 Å². The molecule has 2 aromatic carbocycles. The van der Waals surface area contributed by atoms with Crippen molar-refractivity contribution in [2.45, 2.75) is 40.2 Å². The summed E-state index contributed by atoms with van der Waals surface area (Å²) in [5.41, 5.74) is 6.16. The number of aromatic nitrogens is 2. The Morgan fingerprint density at radius 2 is 1.73 bits per heavy atom. The Balaban J connectivity index is 1.36. The number of carbonyl (C=O) groups excluding carboxylic acids is 2. The number of amides is 2. The number of hydrogen-bond donors (Lipinski definition) is 1. The van der Waals surface area contributed by atoms with Crippen LogP contribution >= 0.6 is 0 Å². The molecule has 0 radical (unpaired) electrons. The van der Waals surface area contributed by atoms with Crippen molar-refractivity contribution in [2.24, 2.45) is 5.92 Å². The Bertz CT molecular complexity index is 1080. The van der Waals surface area contributed by atoms with Gasteiger partial charge in [0.05, 0.1) is 17.4 Å². The van der Waals surface area contributed by atoms with Gasteiger partial charge in [-0.3, -0.25) is 9.59 Å². The van der Waals surface area contributed by atoms with Crippen LogP contribution in [-0.4, -0.2) is 39.4 Å². The standard InChI is InChI=1S/C24H28N4O2/c1-16-12-22-23(13-17(16)2)28(15-25-22)14-19-8-10-27(11-9-19)24(30)20-4-6-21(7-5-20)26-18(3)29/h4-7,12-13,15,19H,8-11,14H2,1-3H3,(H,26,29). The van der Waals surface area contributed by atoms with Crippen LogP contribution in [0.15, 0.2) is 42.7 Å². The minimum atomic E-state index is -0.118. The van der Waals surface area contributed by atoms with Crippen LogP contribution in [0, 0.1) is 19.8 Å². The largest absolute Gasteiger partial charge is 0.339 e. The van der Waals surface area contributed by atoms with Crippen molar-refractivity contribution in [1.29, 1.82) is 0 Å². The van der Waals surface area contributed by atoms with Crippen LogP contribution in [0.25, 0.3) is 11.0 Å².